The van der Waals surface area contributed by atoms with Gasteiger partial charge in [0.2, 0.25) is 0 Å². The van der Waals surface area contributed by atoms with Crippen molar-refractivity contribution < 1.29 is 4.79 Å². The van der Waals surface area contributed by atoms with Gasteiger partial charge in [-0.05, 0) is 24.1 Å². The Hall–Kier alpha value is -3.11. The normalized spacial score (nSPS) is 10.7. The number of hydrogen-bond donors (Lipinski definition) is 0. The topological polar surface area (TPSA) is 34.9 Å². The molecular formula is C24H20N2OS. The minimum absolute atomic E-state index is 0.712. The van der Waals surface area contributed by atoms with Gasteiger partial charge in [-0.25, -0.2) is 4.98 Å². The summed E-state index contributed by atoms with van der Waals surface area (Å²) in [5.74, 6) is 0.915. The second kappa shape index (κ2) is 8.72. The Morgan fingerprint density at radius 2 is 1.54 bits per heavy atom. The van der Waals surface area contributed by atoms with Crippen molar-refractivity contribution in [1.82, 2.24) is 9.55 Å². The van der Waals surface area contributed by atoms with Crippen LogP contribution in [0.5, 0.6) is 0 Å². The highest BCUT2D eigenvalue weighted by Gasteiger charge is 2.13. The molecule has 0 radical (unpaired) electrons. The van der Waals surface area contributed by atoms with Crippen LogP contribution in [-0.4, -0.2) is 21.6 Å². The van der Waals surface area contributed by atoms with Crippen molar-refractivity contribution in [1.29, 1.82) is 0 Å². The van der Waals surface area contributed by atoms with Gasteiger partial charge in [-0.1, -0.05) is 84.6 Å². The van der Waals surface area contributed by atoms with E-state index >= 15 is 0 Å². The molecule has 0 unspecified atom stereocenters. The first-order valence-corrected chi connectivity index (χ1v) is 10.2. The van der Waals surface area contributed by atoms with Gasteiger partial charge in [-0.3, -0.25) is 9.36 Å². The summed E-state index contributed by atoms with van der Waals surface area (Å²) in [4.78, 5) is 15.5. The number of imidazole rings is 1. The van der Waals surface area contributed by atoms with E-state index in [1.54, 1.807) is 11.8 Å². The van der Waals surface area contributed by atoms with Crippen molar-refractivity contribution in [2.45, 2.75) is 11.6 Å². The molecular weight excluding hydrogens is 364 g/mol. The summed E-state index contributed by atoms with van der Waals surface area (Å²) < 4.78 is 2.22. The number of hydrogen-bond acceptors (Lipinski definition) is 3. The van der Waals surface area contributed by atoms with E-state index in [2.05, 4.69) is 28.8 Å². The van der Waals surface area contributed by atoms with Gasteiger partial charge in [0.1, 0.15) is 6.29 Å². The summed E-state index contributed by atoms with van der Waals surface area (Å²) in [5, 5.41) is 0.981. The summed E-state index contributed by atoms with van der Waals surface area (Å²) in [6.45, 7) is 0. The van der Waals surface area contributed by atoms with Gasteiger partial charge in [0, 0.05) is 22.6 Å². The third kappa shape index (κ3) is 4.07. The summed E-state index contributed by atoms with van der Waals surface area (Å²) in [6, 6.07) is 28.5. The maximum Gasteiger partial charge on any atom is 0.173 e. The molecule has 28 heavy (non-hydrogen) atoms. The first-order valence-electron chi connectivity index (χ1n) is 9.20. The second-order valence-corrected chi connectivity index (χ2v) is 7.48. The predicted molar refractivity (Wildman–Crippen MR) is 115 cm³/mol. The third-order valence-corrected chi connectivity index (χ3v) is 5.51. The average molecular weight is 385 g/mol. The number of para-hydroxylation sites is 1. The fourth-order valence-corrected chi connectivity index (χ4v) is 4.08. The minimum Gasteiger partial charge on any atom is -0.298 e. The lowest BCUT2D eigenvalue weighted by Gasteiger charge is -2.12. The maximum atomic E-state index is 10.8. The van der Waals surface area contributed by atoms with Crippen molar-refractivity contribution in [3.8, 4) is 16.9 Å². The van der Waals surface area contributed by atoms with Gasteiger partial charge < -0.3 is 0 Å². The molecule has 0 fully saturated rings. The van der Waals surface area contributed by atoms with E-state index in [4.69, 9.17) is 4.98 Å². The van der Waals surface area contributed by atoms with Crippen LogP contribution in [0.4, 0.5) is 0 Å². The molecule has 0 atom stereocenters. The molecule has 1 aromatic heterocycles. The van der Waals surface area contributed by atoms with Crippen LogP contribution < -0.4 is 0 Å². The lowest BCUT2D eigenvalue weighted by molar-refractivity contribution is 0.112. The smallest absolute Gasteiger partial charge is 0.173 e. The van der Waals surface area contributed by atoms with E-state index in [0.717, 1.165) is 40.6 Å². The van der Waals surface area contributed by atoms with Gasteiger partial charge in [0.05, 0.1) is 11.9 Å². The van der Waals surface area contributed by atoms with E-state index < -0.39 is 0 Å². The van der Waals surface area contributed by atoms with Crippen LogP contribution >= 0.6 is 11.8 Å². The van der Waals surface area contributed by atoms with Crippen LogP contribution in [0.25, 0.3) is 16.9 Å². The Morgan fingerprint density at radius 3 is 2.21 bits per heavy atom. The molecule has 0 spiro atoms. The van der Waals surface area contributed by atoms with E-state index in [0.29, 0.717) is 5.56 Å². The van der Waals surface area contributed by atoms with Crippen LogP contribution in [0, 0.1) is 0 Å². The molecule has 4 heteroatoms. The summed E-state index contributed by atoms with van der Waals surface area (Å²) in [5.41, 5.74) is 5.28. The van der Waals surface area contributed by atoms with Crippen LogP contribution in [0.2, 0.25) is 0 Å². The zero-order chi connectivity index (χ0) is 19.2. The van der Waals surface area contributed by atoms with E-state index in [9.17, 15) is 4.79 Å². The molecule has 0 aliphatic carbocycles. The number of aryl methyl sites for hydroxylation is 1. The molecule has 0 aliphatic heterocycles. The molecule has 1 heterocycles. The zero-order valence-electron chi connectivity index (χ0n) is 15.4. The van der Waals surface area contributed by atoms with E-state index in [1.165, 1.54) is 5.56 Å². The Bertz CT molecular complexity index is 1040. The molecule has 3 nitrogen and oxygen atoms in total. The van der Waals surface area contributed by atoms with Crippen molar-refractivity contribution in [2.24, 2.45) is 0 Å². The number of benzene rings is 3. The van der Waals surface area contributed by atoms with E-state index in [1.807, 2.05) is 66.9 Å². The number of nitrogens with zero attached hydrogens (tertiary/aromatic N) is 2. The molecule has 0 saturated carbocycles. The highest BCUT2D eigenvalue weighted by molar-refractivity contribution is 7.99. The second-order valence-electron chi connectivity index (χ2n) is 6.42. The Balaban J connectivity index is 1.58. The van der Waals surface area contributed by atoms with Gasteiger partial charge in [-0.2, -0.15) is 0 Å². The summed E-state index contributed by atoms with van der Waals surface area (Å²) in [6.07, 6.45) is 3.75. The molecule has 0 N–H and O–H groups in total. The molecule has 138 valence electrons. The lowest BCUT2D eigenvalue weighted by Crippen LogP contribution is -2.00. The Labute approximate surface area is 169 Å². The number of carbonyl (C=O) groups excluding carboxylic acids is 1. The van der Waals surface area contributed by atoms with Crippen LogP contribution in [0.1, 0.15) is 15.9 Å². The molecule has 3 aromatic carbocycles. The van der Waals surface area contributed by atoms with Crippen LogP contribution in [-0.2, 0) is 6.42 Å². The van der Waals surface area contributed by atoms with Crippen LogP contribution in [0.15, 0.2) is 96.3 Å². The zero-order valence-corrected chi connectivity index (χ0v) is 16.2. The molecule has 0 aliphatic rings. The summed E-state index contributed by atoms with van der Waals surface area (Å²) >= 11 is 1.74. The minimum atomic E-state index is 0.712. The van der Waals surface area contributed by atoms with Crippen molar-refractivity contribution >= 4 is 18.0 Å². The molecule has 0 bridgehead atoms. The van der Waals surface area contributed by atoms with Gasteiger partial charge in [0.15, 0.2) is 5.16 Å². The molecule has 4 aromatic rings. The summed E-state index contributed by atoms with van der Waals surface area (Å²) in [7, 11) is 0. The number of aromatic nitrogens is 2. The molecule has 0 saturated heterocycles. The fraction of sp³-hybridized carbons (Fsp3) is 0.0833. The monoisotopic (exact) mass is 384 g/mol. The number of rotatable bonds is 7. The molecule has 4 rings (SSSR count). The highest BCUT2D eigenvalue weighted by Crippen LogP contribution is 2.30. The van der Waals surface area contributed by atoms with Gasteiger partial charge in [-0.15, -0.1) is 0 Å². The highest BCUT2D eigenvalue weighted by atomic mass is 32.2. The van der Waals surface area contributed by atoms with E-state index in [-0.39, 0.29) is 0 Å². The quantitative estimate of drug-likeness (QED) is 0.303. The standard InChI is InChI=1S/C24H20N2OS/c27-18-20-13-11-19(12-14-20)15-16-28-24-25-17-23(21-7-3-1-4-8-21)26(24)22-9-5-2-6-10-22/h1-14,17-18H,15-16H2. The number of carbonyl (C=O) groups is 1. The largest absolute Gasteiger partial charge is 0.298 e. The fourth-order valence-electron chi connectivity index (χ4n) is 3.10. The number of aldehydes is 1. The van der Waals surface area contributed by atoms with Gasteiger partial charge >= 0.3 is 0 Å². The van der Waals surface area contributed by atoms with Crippen molar-refractivity contribution in [3.63, 3.8) is 0 Å². The Morgan fingerprint density at radius 1 is 0.857 bits per heavy atom. The first-order chi connectivity index (χ1) is 13.8. The van der Waals surface area contributed by atoms with Crippen molar-refractivity contribution in [2.75, 3.05) is 5.75 Å². The SMILES string of the molecule is O=Cc1ccc(CCSc2ncc(-c3ccccc3)n2-c2ccccc2)cc1. The Kier molecular flexibility index (Phi) is 5.69. The lowest BCUT2D eigenvalue weighted by atomic mass is 10.1. The first kappa shape index (κ1) is 18.3. The van der Waals surface area contributed by atoms with Gasteiger partial charge in [0.25, 0.3) is 0 Å². The number of thioether (sulfide) groups is 1. The third-order valence-electron chi connectivity index (χ3n) is 4.55. The average Bonchev–Trinajstić information content (AvgIpc) is 3.19. The van der Waals surface area contributed by atoms with Crippen molar-refractivity contribution in [3.05, 3.63) is 102 Å². The van der Waals surface area contributed by atoms with Crippen LogP contribution in [0.3, 0.4) is 0 Å². The predicted octanol–water partition coefficient (Wildman–Crippen LogP) is 5.69. The molecule has 0 amide bonds. The maximum absolute atomic E-state index is 10.8.